The molecule has 84 valence electrons. The fourth-order valence-electron chi connectivity index (χ4n) is 2.71. The Morgan fingerprint density at radius 2 is 2.19 bits per heavy atom. The largest absolute Gasteiger partial charge is 0.325 e. The SMILES string of the molecule is Cc1ccc2c(c1)C(C)(CC1CC1)C(=O)N2. The van der Waals surface area contributed by atoms with Crippen molar-refractivity contribution < 1.29 is 4.79 Å². The Kier molecular flexibility index (Phi) is 1.91. The van der Waals surface area contributed by atoms with Gasteiger partial charge in [-0.1, -0.05) is 30.5 Å². The van der Waals surface area contributed by atoms with E-state index in [9.17, 15) is 4.79 Å². The molecule has 1 aliphatic heterocycles. The van der Waals surface area contributed by atoms with E-state index in [1.165, 1.54) is 24.0 Å². The Morgan fingerprint density at radius 1 is 1.44 bits per heavy atom. The minimum Gasteiger partial charge on any atom is -0.325 e. The van der Waals surface area contributed by atoms with Gasteiger partial charge in [0.05, 0.1) is 5.41 Å². The molecule has 1 unspecified atom stereocenters. The van der Waals surface area contributed by atoms with E-state index in [0.29, 0.717) is 0 Å². The number of rotatable bonds is 2. The third-order valence-corrected chi connectivity index (χ3v) is 3.91. The molecule has 1 N–H and O–H groups in total. The van der Waals surface area contributed by atoms with Crippen LogP contribution in [0, 0.1) is 12.8 Å². The highest BCUT2D eigenvalue weighted by atomic mass is 16.2. The monoisotopic (exact) mass is 215 g/mol. The molecular weight excluding hydrogens is 198 g/mol. The van der Waals surface area contributed by atoms with Gasteiger partial charge in [0, 0.05) is 5.69 Å². The molecule has 16 heavy (non-hydrogen) atoms. The lowest BCUT2D eigenvalue weighted by Crippen LogP contribution is -2.31. The van der Waals surface area contributed by atoms with Crippen LogP contribution in [0.3, 0.4) is 0 Å². The average Bonchev–Trinajstić information content (AvgIpc) is 3.00. The van der Waals surface area contributed by atoms with Gasteiger partial charge in [-0.2, -0.15) is 0 Å². The lowest BCUT2D eigenvalue weighted by molar-refractivity contribution is -0.120. The second-order valence-electron chi connectivity index (χ2n) is 5.48. The van der Waals surface area contributed by atoms with Gasteiger partial charge >= 0.3 is 0 Å². The minimum absolute atomic E-state index is 0.181. The second-order valence-corrected chi connectivity index (χ2v) is 5.48. The maximum Gasteiger partial charge on any atom is 0.234 e. The van der Waals surface area contributed by atoms with Crippen molar-refractivity contribution >= 4 is 11.6 Å². The molecule has 0 spiro atoms. The number of carbonyl (C=O) groups excluding carboxylic acids is 1. The summed E-state index contributed by atoms with van der Waals surface area (Å²) in [5.41, 5.74) is 3.16. The molecule has 2 heteroatoms. The molecule has 1 saturated carbocycles. The topological polar surface area (TPSA) is 29.1 Å². The number of fused-ring (bicyclic) bond motifs is 1. The van der Waals surface area contributed by atoms with Gasteiger partial charge in [-0.15, -0.1) is 0 Å². The zero-order valence-corrected chi connectivity index (χ0v) is 9.84. The van der Waals surface area contributed by atoms with Crippen LogP contribution in [0.25, 0.3) is 0 Å². The van der Waals surface area contributed by atoms with Crippen molar-refractivity contribution in [3.05, 3.63) is 29.3 Å². The standard InChI is InChI=1S/C14H17NO/c1-9-3-6-12-11(7-9)14(2,13(16)15-12)8-10-4-5-10/h3,6-7,10H,4-5,8H2,1-2H3,(H,15,16). The van der Waals surface area contributed by atoms with Crippen molar-refractivity contribution in [2.75, 3.05) is 5.32 Å². The summed E-state index contributed by atoms with van der Waals surface area (Å²) in [7, 11) is 0. The van der Waals surface area contributed by atoms with Gasteiger partial charge in [-0.25, -0.2) is 0 Å². The van der Waals surface area contributed by atoms with Gasteiger partial charge in [-0.05, 0) is 37.8 Å². The third kappa shape index (κ3) is 1.36. The molecule has 2 aliphatic rings. The van der Waals surface area contributed by atoms with E-state index in [-0.39, 0.29) is 11.3 Å². The Morgan fingerprint density at radius 3 is 2.88 bits per heavy atom. The van der Waals surface area contributed by atoms with Crippen molar-refractivity contribution in [1.29, 1.82) is 0 Å². The first-order chi connectivity index (χ1) is 7.59. The van der Waals surface area contributed by atoms with E-state index >= 15 is 0 Å². The van der Waals surface area contributed by atoms with Gasteiger partial charge in [0.15, 0.2) is 0 Å². The summed E-state index contributed by atoms with van der Waals surface area (Å²) in [6, 6.07) is 6.25. The molecule has 1 fully saturated rings. The molecule has 1 heterocycles. The van der Waals surface area contributed by atoms with Crippen molar-refractivity contribution in [1.82, 2.24) is 0 Å². The summed E-state index contributed by atoms with van der Waals surface area (Å²) in [4.78, 5) is 12.1. The zero-order chi connectivity index (χ0) is 11.3. The number of benzene rings is 1. The van der Waals surface area contributed by atoms with Crippen LogP contribution < -0.4 is 5.32 Å². The van der Waals surface area contributed by atoms with E-state index in [0.717, 1.165) is 18.0 Å². The average molecular weight is 215 g/mol. The van der Waals surface area contributed by atoms with E-state index in [2.05, 4.69) is 31.3 Å². The Labute approximate surface area is 96.1 Å². The molecular formula is C14H17NO. The molecule has 1 aliphatic carbocycles. The van der Waals surface area contributed by atoms with Crippen LogP contribution in [0.2, 0.25) is 0 Å². The predicted molar refractivity (Wildman–Crippen MR) is 64.5 cm³/mol. The van der Waals surface area contributed by atoms with Crippen LogP contribution in [0.15, 0.2) is 18.2 Å². The van der Waals surface area contributed by atoms with Gasteiger partial charge in [0.2, 0.25) is 5.91 Å². The predicted octanol–water partition coefficient (Wildman–Crippen LogP) is 3.00. The summed E-state index contributed by atoms with van der Waals surface area (Å²) >= 11 is 0. The number of carbonyl (C=O) groups is 1. The lowest BCUT2D eigenvalue weighted by atomic mass is 9.78. The van der Waals surface area contributed by atoms with E-state index in [1.54, 1.807) is 0 Å². The Bertz CT molecular complexity index is 462. The minimum atomic E-state index is -0.289. The molecule has 0 saturated heterocycles. The summed E-state index contributed by atoms with van der Waals surface area (Å²) < 4.78 is 0. The van der Waals surface area contributed by atoms with Crippen LogP contribution in [0.4, 0.5) is 5.69 Å². The third-order valence-electron chi connectivity index (χ3n) is 3.91. The molecule has 1 aromatic rings. The maximum absolute atomic E-state index is 12.1. The van der Waals surface area contributed by atoms with Crippen LogP contribution in [0.5, 0.6) is 0 Å². The van der Waals surface area contributed by atoms with Gasteiger partial charge in [0.1, 0.15) is 0 Å². The first-order valence-electron chi connectivity index (χ1n) is 6.02. The summed E-state index contributed by atoms with van der Waals surface area (Å²) in [6.45, 7) is 4.17. The van der Waals surface area contributed by atoms with Crippen molar-refractivity contribution in [2.24, 2.45) is 5.92 Å². The van der Waals surface area contributed by atoms with E-state index < -0.39 is 0 Å². The number of nitrogens with one attached hydrogen (secondary N) is 1. The molecule has 1 atom stereocenters. The number of aryl methyl sites for hydroxylation is 1. The molecule has 2 nitrogen and oxygen atoms in total. The van der Waals surface area contributed by atoms with Crippen molar-refractivity contribution in [3.8, 4) is 0 Å². The summed E-state index contributed by atoms with van der Waals surface area (Å²) in [5.74, 6) is 0.946. The zero-order valence-electron chi connectivity index (χ0n) is 9.84. The normalized spacial score (nSPS) is 27.8. The molecule has 3 rings (SSSR count). The quantitative estimate of drug-likeness (QED) is 0.807. The highest BCUT2D eigenvalue weighted by molar-refractivity contribution is 6.06. The fraction of sp³-hybridized carbons (Fsp3) is 0.500. The van der Waals surface area contributed by atoms with Gasteiger partial charge in [-0.3, -0.25) is 4.79 Å². The first kappa shape index (κ1) is 9.88. The lowest BCUT2D eigenvalue weighted by Gasteiger charge is -2.22. The van der Waals surface area contributed by atoms with Crippen LogP contribution >= 0.6 is 0 Å². The number of amides is 1. The highest BCUT2D eigenvalue weighted by Crippen LogP contribution is 2.47. The summed E-state index contributed by atoms with van der Waals surface area (Å²) in [5, 5.41) is 3.01. The Hall–Kier alpha value is -1.31. The van der Waals surface area contributed by atoms with E-state index in [1.807, 2.05) is 6.07 Å². The molecule has 0 radical (unpaired) electrons. The maximum atomic E-state index is 12.1. The molecule has 1 aromatic carbocycles. The number of anilines is 1. The number of hydrogen-bond donors (Lipinski definition) is 1. The molecule has 0 bridgehead atoms. The van der Waals surface area contributed by atoms with Crippen LogP contribution in [0.1, 0.15) is 37.3 Å². The molecule has 1 amide bonds. The number of hydrogen-bond acceptors (Lipinski definition) is 1. The van der Waals surface area contributed by atoms with Crippen LogP contribution in [-0.4, -0.2) is 5.91 Å². The molecule has 0 aromatic heterocycles. The highest BCUT2D eigenvalue weighted by Gasteiger charge is 2.45. The summed E-state index contributed by atoms with van der Waals surface area (Å²) in [6.07, 6.45) is 3.60. The van der Waals surface area contributed by atoms with Crippen molar-refractivity contribution in [2.45, 2.75) is 38.5 Å². The Balaban J connectivity index is 2.05. The van der Waals surface area contributed by atoms with E-state index in [4.69, 9.17) is 0 Å². The van der Waals surface area contributed by atoms with Gasteiger partial charge < -0.3 is 5.32 Å². The van der Waals surface area contributed by atoms with Crippen molar-refractivity contribution in [3.63, 3.8) is 0 Å². The van der Waals surface area contributed by atoms with Gasteiger partial charge in [0.25, 0.3) is 0 Å². The smallest absolute Gasteiger partial charge is 0.234 e. The first-order valence-corrected chi connectivity index (χ1v) is 6.02. The van der Waals surface area contributed by atoms with Crippen LogP contribution in [-0.2, 0) is 10.2 Å². The second kappa shape index (κ2) is 3.09. The fourth-order valence-corrected chi connectivity index (χ4v) is 2.71.